The first-order chi connectivity index (χ1) is 20.0. The zero-order chi connectivity index (χ0) is 30.2. The second-order valence-corrected chi connectivity index (χ2v) is 10.9. The van der Waals surface area contributed by atoms with Gasteiger partial charge in [-0.05, 0) is 60.4 Å². The number of benzene rings is 4. The number of rotatable bonds is 7. The van der Waals surface area contributed by atoms with Gasteiger partial charge in [-0.15, -0.1) is 0 Å². The first-order valence-corrected chi connectivity index (χ1v) is 13.4. The molecule has 42 heavy (non-hydrogen) atoms. The molecule has 0 aromatic heterocycles. The van der Waals surface area contributed by atoms with Crippen LogP contribution in [0.4, 0.5) is 22.7 Å². The number of fused-ring (bicyclic) bond motifs is 3. The van der Waals surface area contributed by atoms with Crippen molar-refractivity contribution in [1.82, 2.24) is 0 Å². The lowest BCUT2D eigenvalue weighted by atomic mass is 9.82. The van der Waals surface area contributed by atoms with Gasteiger partial charge in [-0.2, -0.15) is 0 Å². The first-order valence-electron chi connectivity index (χ1n) is 13.4. The SMILES string of the molecule is [C-]#[N+]c1cccc(N(c2cc(OC(=O)C(=C)C)cc(OC(=O)C(=C)C)c2)c2ccc3c(c2)C(C)(C)c2ccccc2-3)c1. The standard InChI is InChI=1S/C36H30N2O4/c1-22(2)34(39)41-28-18-27(19-29(21-28)42-35(40)23(3)4)38(25-12-10-11-24(17-25)37-7)26-15-16-31-30-13-8-9-14-32(30)36(5,6)33(31)20-26/h8-21H,1,3H2,2,4-6H3. The second-order valence-electron chi connectivity index (χ2n) is 10.9. The van der Waals surface area contributed by atoms with Crippen molar-refractivity contribution in [2.75, 3.05) is 4.90 Å². The van der Waals surface area contributed by atoms with Crippen LogP contribution in [-0.4, -0.2) is 11.9 Å². The van der Waals surface area contributed by atoms with E-state index in [4.69, 9.17) is 16.0 Å². The molecule has 0 radical (unpaired) electrons. The van der Waals surface area contributed by atoms with E-state index in [9.17, 15) is 9.59 Å². The average Bonchev–Trinajstić information content (AvgIpc) is 3.19. The van der Waals surface area contributed by atoms with E-state index >= 15 is 0 Å². The van der Waals surface area contributed by atoms with Crippen LogP contribution >= 0.6 is 0 Å². The highest BCUT2D eigenvalue weighted by Crippen LogP contribution is 2.51. The molecule has 6 nitrogen and oxygen atoms in total. The van der Waals surface area contributed by atoms with E-state index < -0.39 is 11.9 Å². The van der Waals surface area contributed by atoms with Gasteiger partial charge in [-0.25, -0.2) is 14.4 Å². The Morgan fingerprint density at radius 2 is 1.31 bits per heavy atom. The summed E-state index contributed by atoms with van der Waals surface area (Å²) in [5.74, 6) is -0.874. The molecule has 0 bridgehead atoms. The van der Waals surface area contributed by atoms with Crippen molar-refractivity contribution in [1.29, 1.82) is 0 Å². The number of nitrogens with zero attached hydrogens (tertiary/aromatic N) is 2. The molecule has 0 aliphatic heterocycles. The van der Waals surface area contributed by atoms with Gasteiger partial charge in [-0.1, -0.05) is 69.5 Å². The Bertz CT molecular complexity index is 1780. The van der Waals surface area contributed by atoms with Gasteiger partial charge in [0.2, 0.25) is 0 Å². The van der Waals surface area contributed by atoms with Gasteiger partial charge in [-0.3, -0.25) is 0 Å². The molecule has 6 heteroatoms. The smallest absolute Gasteiger partial charge is 0.338 e. The van der Waals surface area contributed by atoms with Crippen LogP contribution in [0.15, 0.2) is 109 Å². The molecular weight excluding hydrogens is 524 g/mol. The van der Waals surface area contributed by atoms with E-state index in [1.807, 2.05) is 29.2 Å². The summed E-state index contributed by atoms with van der Waals surface area (Å²) in [4.78, 5) is 30.5. The molecule has 0 atom stereocenters. The summed E-state index contributed by atoms with van der Waals surface area (Å²) < 4.78 is 11.2. The third kappa shape index (κ3) is 5.21. The molecular formula is C36H30N2O4. The Balaban J connectivity index is 1.72. The van der Waals surface area contributed by atoms with Crippen LogP contribution in [0.5, 0.6) is 11.5 Å². The van der Waals surface area contributed by atoms with Crippen molar-refractivity contribution in [3.63, 3.8) is 0 Å². The van der Waals surface area contributed by atoms with Crippen LogP contribution in [0.2, 0.25) is 0 Å². The molecule has 0 saturated heterocycles. The molecule has 4 aromatic carbocycles. The Morgan fingerprint density at radius 3 is 1.93 bits per heavy atom. The summed E-state index contributed by atoms with van der Waals surface area (Å²) in [7, 11) is 0. The number of hydrogen-bond acceptors (Lipinski definition) is 5. The molecule has 0 unspecified atom stereocenters. The Morgan fingerprint density at radius 1 is 0.714 bits per heavy atom. The van der Waals surface area contributed by atoms with Crippen molar-refractivity contribution in [2.24, 2.45) is 0 Å². The molecule has 0 saturated carbocycles. The van der Waals surface area contributed by atoms with E-state index in [2.05, 4.69) is 62.2 Å². The zero-order valence-electron chi connectivity index (χ0n) is 24.0. The van der Waals surface area contributed by atoms with Gasteiger partial charge in [0.15, 0.2) is 5.69 Å². The van der Waals surface area contributed by atoms with Crippen molar-refractivity contribution in [3.8, 4) is 22.6 Å². The number of carbonyl (C=O) groups is 2. The molecule has 0 spiro atoms. The average molecular weight is 555 g/mol. The minimum Gasteiger partial charge on any atom is -0.423 e. The molecule has 0 fully saturated rings. The van der Waals surface area contributed by atoms with Crippen molar-refractivity contribution < 1.29 is 19.1 Å². The maximum absolute atomic E-state index is 12.5. The molecule has 208 valence electrons. The topological polar surface area (TPSA) is 60.2 Å². The third-order valence-electron chi connectivity index (χ3n) is 7.28. The van der Waals surface area contributed by atoms with Gasteiger partial charge < -0.3 is 14.4 Å². The quantitative estimate of drug-likeness (QED) is 0.0987. The highest BCUT2D eigenvalue weighted by Gasteiger charge is 2.35. The van der Waals surface area contributed by atoms with Crippen molar-refractivity contribution in [2.45, 2.75) is 33.1 Å². The molecule has 4 aromatic rings. The van der Waals surface area contributed by atoms with E-state index in [1.165, 1.54) is 17.2 Å². The van der Waals surface area contributed by atoms with Crippen LogP contribution in [0.25, 0.3) is 16.0 Å². The number of carbonyl (C=O) groups excluding carboxylic acids is 2. The largest absolute Gasteiger partial charge is 0.423 e. The van der Waals surface area contributed by atoms with Crippen molar-refractivity contribution >= 4 is 34.7 Å². The summed E-state index contributed by atoms with van der Waals surface area (Å²) in [6.45, 7) is 22.5. The summed E-state index contributed by atoms with van der Waals surface area (Å²) in [6, 6.07) is 26.8. The molecule has 0 N–H and O–H groups in total. The lowest BCUT2D eigenvalue weighted by Crippen LogP contribution is -2.17. The Kier molecular flexibility index (Phi) is 7.28. The number of hydrogen-bond donors (Lipinski definition) is 0. The predicted molar refractivity (Wildman–Crippen MR) is 166 cm³/mol. The van der Waals surface area contributed by atoms with E-state index in [0.29, 0.717) is 17.1 Å². The van der Waals surface area contributed by atoms with Crippen molar-refractivity contribution in [3.05, 3.63) is 132 Å². The normalized spacial score (nSPS) is 12.4. The Hall–Kier alpha value is -5.41. The minimum atomic E-state index is -0.608. The first kappa shape index (κ1) is 28.1. The highest BCUT2D eigenvalue weighted by molar-refractivity contribution is 5.91. The van der Waals surface area contributed by atoms with E-state index in [-0.39, 0.29) is 28.1 Å². The summed E-state index contributed by atoms with van der Waals surface area (Å²) in [5.41, 5.74) is 7.52. The lowest BCUT2D eigenvalue weighted by molar-refractivity contribution is -0.130. The summed E-state index contributed by atoms with van der Waals surface area (Å²) >= 11 is 0. The summed E-state index contributed by atoms with van der Waals surface area (Å²) in [5, 5.41) is 0. The molecule has 1 aliphatic carbocycles. The van der Waals surface area contributed by atoms with Crippen LogP contribution in [-0.2, 0) is 15.0 Å². The monoisotopic (exact) mass is 554 g/mol. The number of ether oxygens (including phenoxy) is 2. The fraction of sp³-hybridized carbons (Fsp3) is 0.139. The predicted octanol–water partition coefficient (Wildman–Crippen LogP) is 8.98. The fourth-order valence-corrected chi connectivity index (χ4v) is 5.17. The zero-order valence-corrected chi connectivity index (χ0v) is 24.0. The minimum absolute atomic E-state index is 0.172. The van der Waals surface area contributed by atoms with Crippen LogP contribution in [0, 0.1) is 6.57 Å². The summed E-state index contributed by atoms with van der Waals surface area (Å²) in [6.07, 6.45) is 0. The van der Waals surface area contributed by atoms with Gasteiger partial charge >= 0.3 is 11.9 Å². The maximum Gasteiger partial charge on any atom is 0.338 e. The maximum atomic E-state index is 12.5. The fourth-order valence-electron chi connectivity index (χ4n) is 5.17. The molecule has 5 rings (SSSR count). The van der Waals surface area contributed by atoms with Gasteiger partial charge in [0.25, 0.3) is 0 Å². The van der Waals surface area contributed by atoms with E-state index in [1.54, 1.807) is 38.1 Å². The van der Waals surface area contributed by atoms with Gasteiger partial charge in [0, 0.05) is 46.1 Å². The van der Waals surface area contributed by atoms with Gasteiger partial charge in [0.1, 0.15) is 11.5 Å². The molecule has 0 amide bonds. The van der Waals surface area contributed by atoms with Gasteiger partial charge in [0.05, 0.1) is 12.3 Å². The lowest BCUT2D eigenvalue weighted by Gasteiger charge is -2.29. The highest BCUT2D eigenvalue weighted by atomic mass is 16.5. The van der Waals surface area contributed by atoms with Crippen LogP contribution < -0.4 is 14.4 Å². The van der Waals surface area contributed by atoms with Crippen LogP contribution in [0.3, 0.4) is 0 Å². The molecule has 0 heterocycles. The molecule has 1 aliphatic rings. The second kappa shape index (κ2) is 10.9. The van der Waals surface area contributed by atoms with Crippen LogP contribution in [0.1, 0.15) is 38.8 Å². The number of esters is 2. The Labute approximate surface area is 246 Å². The van der Waals surface area contributed by atoms with E-state index in [0.717, 1.165) is 16.8 Å². The third-order valence-corrected chi connectivity index (χ3v) is 7.28. The number of anilines is 3.